The number of guanidine groups is 1. The van der Waals surface area contributed by atoms with Gasteiger partial charge in [0, 0.05) is 24.6 Å². The van der Waals surface area contributed by atoms with E-state index in [2.05, 4.69) is 15.6 Å². The van der Waals surface area contributed by atoms with Gasteiger partial charge in [0.05, 0.1) is 0 Å². The van der Waals surface area contributed by atoms with Crippen LogP contribution in [-0.2, 0) is 14.4 Å². The van der Waals surface area contributed by atoms with Crippen LogP contribution in [0.3, 0.4) is 0 Å². The zero-order valence-corrected chi connectivity index (χ0v) is 22.5. The zero-order chi connectivity index (χ0) is 28.4. The summed E-state index contributed by atoms with van der Waals surface area (Å²) in [6.45, 7) is 7.87. The summed E-state index contributed by atoms with van der Waals surface area (Å²) < 4.78 is 0. The van der Waals surface area contributed by atoms with E-state index in [1.165, 1.54) is 4.90 Å². The van der Waals surface area contributed by atoms with Crippen LogP contribution in [-0.4, -0.2) is 70.9 Å². The van der Waals surface area contributed by atoms with Crippen molar-refractivity contribution >= 4 is 29.7 Å². The maximum Gasteiger partial charge on any atom is 0.326 e. The van der Waals surface area contributed by atoms with Crippen LogP contribution in [0.15, 0.2) is 47.0 Å². The predicted octanol–water partition coefficient (Wildman–Crippen LogP) is 1.25. The molecule has 11 heteroatoms. The molecular weight excluding hydrogens is 488 g/mol. The minimum absolute atomic E-state index is 0.0454. The molecule has 0 unspecified atom stereocenters. The third-order valence-corrected chi connectivity index (χ3v) is 6.58. The Morgan fingerprint density at radius 1 is 1.13 bits per heavy atom. The number of carbonyl (C=O) groups is 4. The topological polar surface area (TPSA) is 180 Å². The minimum atomic E-state index is -1.13. The molecule has 1 aromatic carbocycles. The summed E-state index contributed by atoms with van der Waals surface area (Å²) in [5.41, 5.74) is 12.1. The second-order valence-corrected chi connectivity index (χ2v) is 9.93. The molecule has 1 fully saturated rings. The summed E-state index contributed by atoms with van der Waals surface area (Å²) in [5.74, 6) is -2.88. The van der Waals surface area contributed by atoms with Crippen LogP contribution in [0.25, 0.3) is 0 Å². The van der Waals surface area contributed by atoms with E-state index >= 15 is 0 Å². The fourth-order valence-corrected chi connectivity index (χ4v) is 4.59. The second-order valence-electron chi connectivity index (χ2n) is 9.93. The molecule has 0 aromatic heterocycles. The third kappa shape index (κ3) is 8.32. The number of benzene rings is 1. The predicted molar refractivity (Wildman–Crippen MR) is 145 cm³/mol. The molecule has 1 aromatic rings. The Morgan fingerprint density at radius 2 is 1.79 bits per heavy atom. The summed E-state index contributed by atoms with van der Waals surface area (Å²) in [6, 6.07) is 5.58. The smallest absolute Gasteiger partial charge is 0.326 e. The molecule has 208 valence electrons. The third-order valence-electron chi connectivity index (χ3n) is 6.58. The number of rotatable bonds is 12. The van der Waals surface area contributed by atoms with Gasteiger partial charge in [-0.05, 0) is 49.8 Å². The summed E-state index contributed by atoms with van der Waals surface area (Å²) in [5, 5.41) is 15.1. The van der Waals surface area contributed by atoms with Gasteiger partial charge in [-0.25, -0.2) is 4.79 Å². The second kappa shape index (κ2) is 14.2. The molecule has 3 amide bonds. The van der Waals surface area contributed by atoms with Crippen LogP contribution < -0.4 is 22.1 Å². The number of nitrogens with two attached hydrogens (primary N) is 2. The number of nitrogens with zero attached hydrogens (tertiary/aromatic N) is 2. The fourth-order valence-electron chi connectivity index (χ4n) is 4.59. The van der Waals surface area contributed by atoms with E-state index < -0.39 is 41.8 Å². The van der Waals surface area contributed by atoms with E-state index in [-0.39, 0.29) is 43.7 Å². The fraction of sp³-hybridized carbons (Fsp3) is 0.519. The summed E-state index contributed by atoms with van der Waals surface area (Å²) in [6.07, 6.45) is 2.77. The van der Waals surface area contributed by atoms with Gasteiger partial charge >= 0.3 is 5.97 Å². The molecule has 0 aliphatic carbocycles. The Balaban J connectivity index is 2.33. The Hall–Kier alpha value is -3.89. The molecule has 4 atom stereocenters. The average molecular weight is 529 g/mol. The van der Waals surface area contributed by atoms with Crippen molar-refractivity contribution in [3.63, 3.8) is 0 Å². The van der Waals surface area contributed by atoms with Gasteiger partial charge in [0.25, 0.3) is 5.91 Å². The van der Waals surface area contributed by atoms with Crippen LogP contribution in [0.4, 0.5) is 0 Å². The highest BCUT2D eigenvalue weighted by Crippen LogP contribution is 2.30. The number of allylic oxidation sites excluding steroid dienone is 1. The average Bonchev–Trinajstić information content (AvgIpc) is 3.21. The number of aliphatic carboxylic acids is 1. The van der Waals surface area contributed by atoms with Crippen molar-refractivity contribution in [3.8, 4) is 0 Å². The van der Waals surface area contributed by atoms with Gasteiger partial charge in [-0.3, -0.25) is 19.4 Å². The quantitative estimate of drug-likeness (QED) is 0.117. The molecule has 11 nitrogen and oxygen atoms in total. The molecule has 1 heterocycles. The largest absolute Gasteiger partial charge is 0.480 e. The molecule has 7 N–H and O–H groups in total. The van der Waals surface area contributed by atoms with Crippen molar-refractivity contribution in [2.45, 2.75) is 65.1 Å². The van der Waals surface area contributed by atoms with Crippen molar-refractivity contribution in [2.24, 2.45) is 28.3 Å². The van der Waals surface area contributed by atoms with Crippen molar-refractivity contribution in [3.05, 3.63) is 47.5 Å². The number of carboxylic acid groups (broad SMARTS) is 1. The molecule has 38 heavy (non-hydrogen) atoms. The number of aliphatic imine (C=N–C) groups is 1. The molecule has 0 saturated carbocycles. The normalized spacial score (nSPS) is 19.6. The number of likely N-dealkylation sites (tertiary alicyclic amines) is 1. The molecule has 1 saturated heterocycles. The van der Waals surface area contributed by atoms with E-state index in [0.29, 0.717) is 12.0 Å². The van der Waals surface area contributed by atoms with Gasteiger partial charge in [0.15, 0.2) is 5.96 Å². The highest BCUT2D eigenvalue weighted by molar-refractivity contribution is 5.99. The van der Waals surface area contributed by atoms with Gasteiger partial charge in [-0.2, -0.15) is 0 Å². The number of hydrogen-bond acceptors (Lipinski definition) is 5. The number of nitrogens with one attached hydrogen (secondary N) is 2. The highest BCUT2D eigenvalue weighted by atomic mass is 16.4. The van der Waals surface area contributed by atoms with Gasteiger partial charge in [-0.1, -0.05) is 45.0 Å². The van der Waals surface area contributed by atoms with E-state index in [9.17, 15) is 24.3 Å². The first-order chi connectivity index (χ1) is 18.0. The first kappa shape index (κ1) is 30.3. The van der Waals surface area contributed by atoms with Gasteiger partial charge < -0.3 is 32.1 Å². The van der Waals surface area contributed by atoms with Crippen LogP contribution in [0.1, 0.15) is 57.3 Å². The van der Waals surface area contributed by atoms with Crippen LogP contribution in [0, 0.1) is 11.8 Å². The van der Waals surface area contributed by atoms with E-state index in [0.717, 1.165) is 5.57 Å². The van der Waals surface area contributed by atoms with Gasteiger partial charge in [0.1, 0.15) is 18.1 Å². The lowest BCUT2D eigenvalue weighted by atomic mass is 9.96. The van der Waals surface area contributed by atoms with Crippen molar-refractivity contribution in [2.75, 3.05) is 13.1 Å². The van der Waals surface area contributed by atoms with E-state index in [1.807, 2.05) is 33.8 Å². The molecule has 1 aliphatic heterocycles. The zero-order valence-electron chi connectivity index (χ0n) is 22.5. The summed E-state index contributed by atoms with van der Waals surface area (Å²) in [7, 11) is 0. The van der Waals surface area contributed by atoms with Crippen LogP contribution in [0.2, 0.25) is 0 Å². The number of carboxylic acids is 1. The van der Waals surface area contributed by atoms with E-state index in [1.54, 1.807) is 30.3 Å². The van der Waals surface area contributed by atoms with Crippen LogP contribution >= 0.6 is 0 Å². The molecule has 0 spiro atoms. The van der Waals surface area contributed by atoms with Crippen molar-refractivity contribution in [1.82, 2.24) is 15.5 Å². The van der Waals surface area contributed by atoms with Gasteiger partial charge in [-0.15, -0.1) is 0 Å². The van der Waals surface area contributed by atoms with Crippen LogP contribution in [0.5, 0.6) is 0 Å². The number of amides is 3. The first-order valence-corrected chi connectivity index (χ1v) is 12.9. The lowest BCUT2D eigenvalue weighted by Crippen LogP contribution is -2.56. The Labute approximate surface area is 223 Å². The standard InChI is InChI=1S/C27H40N6O5/c1-5-18-15-33(22(17(18)4)24(35)32-21(26(37)38)14-16(2)3)25(36)20(12-9-13-30-27(28)29)31-23(34)19-10-7-6-8-11-19/h5-8,10-11,16-17,20-22H,9,12-15H2,1-4H3,(H,31,34)(H,32,35)(H,37,38)(H4,28,29,30)/b18-5+/t17-,20-,21-,22-/m0/s1. The van der Waals surface area contributed by atoms with Crippen molar-refractivity contribution < 1.29 is 24.3 Å². The Bertz CT molecular complexity index is 1050. The molecule has 1 aliphatic rings. The van der Waals surface area contributed by atoms with Crippen molar-refractivity contribution in [1.29, 1.82) is 0 Å². The van der Waals surface area contributed by atoms with E-state index in [4.69, 9.17) is 11.5 Å². The summed E-state index contributed by atoms with van der Waals surface area (Å²) >= 11 is 0. The highest BCUT2D eigenvalue weighted by Gasteiger charge is 2.44. The lowest BCUT2D eigenvalue weighted by Gasteiger charge is -2.30. The summed E-state index contributed by atoms with van der Waals surface area (Å²) in [4.78, 5) is 57.4. The first-order valence-electron chi connectivity index (χ1n) is 12.9. The molecule has 0 radical (unpaired) electrons. The Morgan fingerprint density at radius 3 is 2.34 bits per heavy atom. The maximum absolute atomic E-state index is 13.9. The molecule has 0 bridgehead atoms. The number of hydrogen-bond donors (Lipinski definition) is 5. The molecule has 2 rings (SSSR count). The molecular formula is C27H40N6O5. The Kier molecular flexibility index (Phi) is 11.3. The lowest BCUT2D eigenvalue weighted by molar-refractivity contribution is -0.145. The maximum atomic E-state index is 13.9. The number of carbonyl (C=O) groups excluding carboxylic acids is 3. The SMILES string of the molecule is C/C=C1\CN(C(=O)[C@H](CCCN=C(N)N)NC(=O)c2ccccc2)[C@H](C(=O)N[C@@H](CC(C)C)C(=O)O)[C@H]1C. The van der Waals surface area contributed by atoms with Gasteiger partial charge in [0.2, 0.25) is 11.8 Å². The minimum Gasteiger partial charge on any atom is -0.480 e. The monoisotopic (exact) mass is 528 g/mol.